The van der Waals surface area contributed by atoms with Gasteiger partial charge in [0, 0.05) is 36.4 Å². The standard InChI is InChI=1S/C15H23ClN2O/c1-11(2)17-10-12-3-4-13(9-15(12)16)18-7-5-14(19)6-8-18/h3-4,9,11,14,17,19H,5-8,10H2,1-2H3. The first-order chi connectivity index (χ1) is 9.06. The van der Waals surface area contributed by atoms with Gasteiger partial charge >= 0.3 is 0 Å². The van der Waals surface area contributed by atoms with Crippen molar-refractivity contribution in [1.82, 2.24) is 5.32 Å². The molecule has 1 fully saturated rings. The highest BCUT2D eigenvalue weighted by Crippen LogP contribution is 2.26. The number of piperidine rings is 1. The number of anilines is 1. The Morgan fingerprint density at radius 2 is 2.05 bits per heavy atom. The average Bonchev–Trinajstić information content (AvgIpc) is 2.38. The monoisotopic (exact) mass is 282 g/mol. The number of halogens is 1. The Balaban J connectivity index is 2.02. The fraction of sp³-hybridized carbons (Fsp3) is 0.600. The Morgan fingerprint density at radius 3 is 2.63 bits per heavy atom. The van der Waals surface area contributed by atoms with Gasteiger partial charge in [0.25, 0.3) is 0 Å². The van der Waals surface area contributed by atoms with Crippen molar-refractivity contribution in [3.8, 4) is 0 Å². The van der Waals surface area contributed by atoms with Crippen molar-refractivity contribution in [2.45, 2.75) is 45.4 Å². The molecule has 2 rings (SSSR count). The fourth-order valence-electron chi connectivity index (χ4n) is 2.31. The number of benzene rings is 1. The van der Waals surface area contributed by atoms with E-state index in [1.54, 1.807) is 0 Å². The van der Waals surface area contributed by atoms with Gasteiger partial charge in [-0.05, 0) is 30.5 Å². The Morgan fingerprint density at radius 1 is 1.37 bits per heavy atom. The van der Waals surface area contributed by atoms with E-state index in [-0.39, 0.29) is 6.10 Å². The second kappa shape index (κ2) is 6.60. The van der Waals surface area contributed by atoms with Crippen LogP contribution >= 0.6 is 11.6 Å². The van der Waals surface area contributed by atoms with Crippen LogP contribution in [0.1, 0.15) is 32.3 Å². The largest absolute Gasteiger partial charge is 0.393 e. The van der Waals surface area contributed by atoms with Gasteiger partial charge in [-0.2, -0.15) is 0 Å². The van der Waals surface area contributed by atoms with Crippen molar-refractivity contribution in [2.24, 2.45) is 0 Å². The molecule has 0 radical (unpaired) electrons. The third-order valence-corrected chi connectivity index (χ3v) is 3.92. The van der Waals surface area contributed by atoms with Crippen LogP contribution in [0.25, 0.3) is 0 Å². The number of nitrogens with one attached hydrogen (secondary N) is 1. The van der Waals surface area contributed by atoms with Crippen LogP contribution < -0.4 is 10.2 Å². The molecule has 0 spiro atoms. The molecular formula is C15H23ClN2O. The van der Waals surface area contributed by atoms with Crippen molar-refractivity contribution in [3.63, 3.8) is 0 Å². The highest BCUT2D eigenvalue weighted by Gasteiger charge is 2.17. The lowest BCUT2D eigenvalue weighted by atomic mass is 10.1. The summed E-state index contributed by atoms with van der Waals surface area (Å²) in [5, 5.41) is 13.7. The summed E-state index contributed by atoms with van der Waals surface area (Å²) in [6.45, 7) is 6.86. The summed E-state index contributed by atoms with van der Waals surface area (Å²) in [4.78, 5) is 2.29. The van der Waals surface area contributed by atoms with E-state index in [9.17, 15) is 5.11 Å². The number of aliphatic hydroxyl groups excluding tert-OH is 1. The lowest BCUT2D eigenvalue weighted by Gasteiger charge is -2.31. The molecule has 0 saturated carbocycles. The van der Waals surface area contributed by atoms with E-state index in [1.165, 1.54) is 0 Å². The highest BCUT2D eigenvalue weighted by molar-refractivity contribution is 6.31. The van der Waals surface area contributed by atoms with E-state index < -0.39 is 0 Å². The molecule has 1 aliphatic heterocycles. The predicted molar refractivity (Wildman–Crippen MR) is 80.9 cm³/mol. The summed E-state index contributed by atoms with van der Waals surface area (Å²) in [6, 6.07) is 6.72. The van der Waals surface area contributed by atoms with E-state index in [4.69, 9.17) is 11.6 Å². The number of aliphatic hydroxyl groups is 1. The van der Waals surface area contributed by atoms with Gasteiger partial charge in [0.05, 0.1) is 6.10 Å². The highest BCUT2D eigenvalue weighted by atomic mass is 35.5. The molecule has 4 heteroatoms. The Bertz CT molecular complexity index is 415. The van der Waals surface area contributed by atoms with Crippen molar-refractivity contribution in [3.05, 3.63) is 28.8 Å². The molecule has 1 aromatic carbocycles. The normalized spacial score (nSPS) is 17.2. The zero-order valence-corrected chi connectivity index (χ0v) is 12.5. The summed E-state index contributed by atoms with van der Waals surface area (Å²) >= 11 is 6.34. The minimum absolute atomic E-state index is 0.138. The first-order valence-electron chi connectivity index (χ1n) is 7.01. The first kappa shape index (κ1) is 14.6. The fourth-order valence-corrected chi connectivity index (χ4v) is 2.56. The average molecular weight is 283 g/mol. The lowest BCUT2D eigenvalue weighted by molar-refractivity contribution is 0.145. The van der Waals surface area contributed by atoms with Crippen LogP contribution in [0.2, 0.25) is 5.02 Å². The van der Waals surface area contributed by atoms with Crippen LogP contribution in [-0.4, -0.2) is 30.3 Å². The summed E-state index contributed by atoms with van der Waals surface area (Å²) in [5.41, 5.74) is 2.29. The minimum Gasteiger partial charge on any atom is -0.393 e. The third-order valence-electron chi connectivity index (χ3n) is 3.57. The van der Waals surface area contributed by atoms with E-state index in [0.29, 0.717) is 6.04 Å². The van der Waals surface area contributed by atoms with Gasteiger partial charge in [0.15, 0.2) is 0 Å². The summed E-state index contributed by atoms with van der Waals surface area (Å²) in [7, 11) is 0. The van der Waals surface area contributed by atoms with Crippen molar-refractivity contribution in [2.75, 3.05) is 18.0 Å². The van der Waals surface area contributed by atoms with E-state index in [2.05, 4.69) is 36.2 Å². The SMILES string of the molecule is CC(C)NCc1ccc(N2CCC(O)CC2)cc1Cl. The van der Waals surface area contributed by atoms with Crippen LogP contribution in [0.5, 0.6) is 0 Å². The van der Waals surface area contributed by atoms with Crippen LogP contribution in [-0.2, 0) is 6.54 Å². The molecule has 1 aromatic rings. The number of hydrogen-bond acceptors (Lipinski definition) is 3. The molecule has 0 bridgehead atoms. The second-order valence-corrected chi connectivity index (χ2v) is 5.94. The van der Waals surface area contributed by atoms with Crippen molar-refractivity contribution < 1.29 is 5.11 Å². The van der Waals surface area contributed by atoms with Gasteiger partial charge in [-0.25, -0.2) is 0 Å². The van der Waals surface area contributed by atoms with Gasteiger partial charge in [0.2, 0.25) is 0 Å². The molecular weight excluding hydrogens is 260 g/mol. The number of hydrogen-bond donors (Lipinski definition) is 2. The van der Waals surface area contributed by atoms with Gasteiger partial charge in [-0.3, -0.25) is 0 Å². The maximum absolute atomic E-state index is 9.53. The third kappa shape index (κ3) is 4.10. The molecule has 0 aromatic heterocycles. The molecule has 0 amide bonds. The minimum atomic E-state index is -0.138. The molecule has 1 aliphatic rings. The smallest absolute Gasteiger partial charge is 0.0574 e. The predicted octanol–water partition coefficient (Wildman–Crippen LogP) is 2.80. The molecule has 0 aliphatic carbocycles. The van der Waals surface area contributed by atoms with Crippen LogP contribution in [0, 0.1) is 0 Å². The van der Waals surface area contributed by atoms with Gasteiger partial charge in [-0.1, -0.05) is 31.5 Å². The van der Waals surface area contributed by atoms with Crippen LogP contribution in [0.3, 0.4) is 0 Å². The molecule has 0 atom stereocenters. The van der Waals surface area contributed by atoms with Crippen molar-refractivity contribution in [1.29, 1.82) is 0 Å². The van der Waals surface area contributed by atoms with Crippen LogP contribution in [0.4, 0.5) is 5.69 Å². The Hall–Kier alpha value is -0.770. The van der Waals surface area contributed by atoms with E-state index >= 15 is 0 Å². The van der Waals surface area contributed by atoms with Gasteiger partial charge < -0.3 is 15.3 Å². The summed E-state index contributed by atoms with van der Waals surface area (Å²) < 4.78 is 0. The first-order valence-corrected chi connectivity index (χ1v) is 7.39. The quantitative estimate of drug-likeness (QED) is 0.891. The zero-order chi connectivity index (χ0) is 13.8. The Labute approximate surface area is 120 Å². The molecule has 19 heavy (non-hydrogen) atoms. The molecule has 1 heterocycles. The summed E-state index contributed by atoms with van der Waals surface area (Å²) in [5.74, 6) is 0. The van der Waals surface area contributed by atoms with Crippen LogP contribution in [0.15, 0.2) is 18.2 Å². The van der Waals surface area contributed by atoms with E-state index in [0.717, 1.165) is 48.7 Å². The molecule has 1 saturated heterocycles. The lowest BCUT2D eigenvalue weighted by Crippen LogP contribution is -2.35. The van der Waals surface area contributed by atoms with E-state index in [1.807, 2.05) is 6.07 Å². The molecule has 106 valence electrons. The number of rotatable bonds is 4. The Kier molecular flexibility index (Phi) is 5.08. The molecule has 2 N–H and O–H groups in total. The summed E-state index contributed by atoms with van der Waals surface area (Å²) in [6.07, 6.45) is 1.55. The molecule has 0 unspecified atom stereocenters. The zero-order valence-electron chi connectivity index (χ0n) is 11.7. The number of nitrogens with zero attached hydrogens (tertiary/aromatic N) is 1. The maximum atomic E-state index is 9.53. The topological polar surface area (TPSA) is 35.5 Å². The second-order valence-electron chi connectivity index (χ2n) is 5.53. The molecule has 3 nitrogen and oxygen atoms in total. The van der Waals surface area contributed by atoms with Gasteiger partial charge in [0.1, 0.15) is 0 Å². The van der Waals surface area contributed by atoms with Crippen molar-refractivity contribution >= 4 is 17.3 Å². The van der Waals surface area contributed by atoms with Gasteiger partial charge in [-0.15, -0.1) is 0 Å². The maximum Gasteiger partial charge on any atom is 0.0574 e.